The van der Waals surface area contributed by atoms with E-state index in [0.717, 1.165) is 5.56 Å². The number of methoxy groups -OCH3 is 2. The fourth-order valence-electron chi connectivity index (χ4n) is 3.76. The van der Waals surface area contributed by atoms with Gasteiger partial charge in [-0.3, -0.25) is 4.79 Å². The van der Waals surface area contributed by atoms with E-state index >= 15 is 0 Å². The van der Waals surface area contributed by atoms with Crippen LogP contribution in [0.25, 0.3) is 22.2 Å². The predicted octanol–water partition coefficient (Wildman–Crippen LogP) is 5.07. The lowest BCUT2D eigenvalue weighted by atomic mass is 10.0. The van der Waals surface area contributed by atoms with E-state index in [1.54, 1.807) is 38.5 Å². The second kappa shape index (κ2) is 9.52. The van der Waals surface area contributed by atoms with Crippen molar-refractivity contribution in [1.82, 2.24) is 10.4 Å². The van der Waals surface area contributed by atoms with Crippen LogP contribution in [0.3, 0.4) is 0 Å². The van der Waals surface area contributed by atoms with E-state index < -0.39 is 5.91 Å². The number of hydrogen-bond donors (Lipinski definition) is 1. The van der Waals surface area contributed by atoms with Gasteiger partial charge in [-0.15, -0.1) is 0 Å². The molecule has 2 heterocycles. The van der Waals surface area contributed by atoms with Crippen molar-refractivity contribution < 1.29 is 23.7 Å². The number of nitrogens with one attached hydrogen (secondary N) is 1. The molecule has 9 heteroatoms. The summed E-state index contributed by atoms with van der Waals surface area (Å²) in [6.07, 6.45) is 1.46. The maximum atomic E-state index is 13.2. The van der Waals surface area contributed by atoms with Crippen LogP contribution >= 0.6 is 11.6 Å². The summed E-state index contributed by atoms with van der Waals surface area (Å²) in [5.74, 6) is 1.97. The average molecular weight is 490 g/mol. The van der Waals surface area contributed by atoms with Gasteiger partial charge in [-0.1, -0.05) is 29.8 Å². The van der Waals surface area contributed by atoms with E-state index in [1.165, 1.54) is 6.21 Å². The van der Waals surface area contributed by atoms with Crippen molar-refractivity contribution in [2.45, 2.75) is 0 Å². The first-order valence-corrected chi connectivity index (χ1v) is 11.0. The predicted molar refractivity (Wildman–Crippen MR) is 133 cm³/mol. The van der Waals surface area contributed by atoms with Crippen molar-refractivity contribution in [2.75, 3.05) is 21.0 Å². The molecule has 1 amide bonds. The molecule has 5 rings (SSSR count). The van der Waals surface area contributed by atoms with Crippen molar-refractivity contribution >= 4 is 34.6 Å². The molecular weight excluding hydrogens is 470 g/mol. The number of carbonyl (C=O) groups is 1. The molecule has 0 saturated heterocycles. The van der Waals surface area contributed by atoms with Gasteiger partial charge in [0, 0.05) is 28.6 Å². The number of hydrazone groups is 1. The zero-order valence-electron chi connectivity index (χ0n) is 18.9. The topological polar surface area (TPSA) is 91.3 Å². The quantitative estimate of drug-likeness (QED) is 0.300. The first kappa shape index (κ1) is 22.5. The van der Waals surface area contributed by atoms with Gasteiger partial charge >= 0.3 is 0 Å². The Bertz CT molecular complexity index is 1470. The third-order valence-electron chi connectivity index (χ3n) is 5.51. The Morgan fingerprint density at radius 3 is 2.66 bits per heavy atom. The average Bonchev–Trinajstić information content (AvgIpc) is 3.34. The fraction of sp³-hybridized carbons (Fsp3) is 0.115. The number of pyridine rings is 1. The highest BCUT2D eigenvalue weighted by Gasteiger charge is 2.18. The van der Waals surface area contributed by atoms with E-state index in [1.807, 2.05) is 36.4 Å². The second-order valence-corrected chi connectivity index (χ2v) is 7.97. The number of hydrogen-bond acceptors (Lipinski definition) is 7. The zero-order chi connectivity index (χ0) is 24.4. The number of benzene rings is 3. The SMILES string of the molecule is COc1ccc(-c2cc(C(=O)N/N=C\c3cc4c(cc3Cl)OCO4)c3ccccc3n2)c(OC)c1. The maximum Gasteiger partial charge on any atom is 0.272 e. The van der Waals surface area contributed by atoms with Crippen LogP contribution in [0.15, 0.2) is 65.8 Å². The molecule has 8 nitrogen and oxygen atoms in total. The van der Waals surface area contributed by atoms with Crippen LogP contribution in [0, 0.1) is 0 Å². The van der Waals surface area contributed by atoms with Gasteiger partial charge in [0.05, 0.1) is 42.2 Å². The normalized spacial score (nSPS) is 12.2. The molecule has 4 aromatic rings. The van der Waals surface area contributed by atoms with Crippen LogP contribution in [-0.2, 0) is 0 Å². The molecule has 0 atom stereocenters. The van der Waals surface area contributed by atoms with E-state index in [2.05, 4.69) is 10.5 Å². The minimum Gasteiger partial charge on any atom is -0.497 e. The fourth-order valence-corrected chi connectivity index (χ4v) is 3.97. The number of fused-ring (bicyclic) bond motifs is 2. The number of ether oxygens (including phenoxy) is 4. The van der Waals surface area contributed by atoms with Gasteiger partial charge in [0.1, 0.15) is 11.5 Å². The number of aromatic nitrogens is 1. The smallest absolute Gasteiger partial charge is 0.272 e. The Morgan fingerprint density at radius 2 is 1.86 bits per heavy atom. The lowest BCUT2D eigenvalue weighted by molar-refractivity contribution is 0.0956. The molecule has 1 N–H and O–H groups in total. The Balaban J connectivity index is 1.48. The standard InChI is InChI=1S/C26H20ClN3O5/c1-32-16-7-8-18(23(10-16)33-2)22-11-19(17-5-3-4-6-21(17)29-22)26(31)30-28-13-15-9-24-25(12-20(15)27)35-14-34-24/h3-13H,14H2,1-2H3,(H,30,31)/b28-13-. The summed E-state index contributed by atoms with van der Waals surface area (Å²) in [6.45, 7) is 0.138. The zero-order valence-corrected chi connectivity index (χ0v) is 19.6. The first-order chi connectivity index (χ1) is 17.1. The lowest BCUT2D eigenvalue weighted by Crippen LogP contribution is -2.18. The molecule has 0 fully saturated rings. The van der Waals surface area contributed by atoms with Crippen molar-refractivity contribution in [3.05, 3.63) is 76.8 Å². The summed E-state index contributed by atoms with van der Waals surface area (Å²) >= 11 is 6.29. The highest BCUT2D eigenvalue weighted by Crippen LogP contribution is 2.36. The molecule has 0 unspecified atom stereocenters. The summed E-state index contributed by atoms with van der Waals surface area (Å²) in [7, 11) is 3.16. The first-order valence-electron chi connectivity index (χ1n) is 10.6. The highest BCUT2D eigenvalue weighted by molar-refractivity contribution is 6.33. The summed E-state index contributed by atoms with van der Waals surface area (Å²) < 4.78 is 21.5. The summed E-state index contributed by atoms with van der Waals surface area (Å²) in [4.78, 5) is 17.9. The largest absolute Gasteiger partial charge is 0.497 e. The molecule has 0 saturated carbocycles. The summed E-state index contributed by atoms with van der Waals surface area (Å²) in [5, 5.41) is 5.22. The maximum absolute atomic E-state index is 13.2. The number of rotatable bonds is 6. The third kappa shape index (κ3) is 4.43. The second-order valence-electron chi connectivity index (χ2n) is 7.56. The number of carbonyl (C=O) groups excluding carboxylic acids is 1. The molecule has 3 aromatic carbocycles. The van der Waals surface area contributed by atoms with Gasteiger partial charge in [-0.2, -0.15) is 5.10 Å². The van der Waals surface area contributed by atoms with E-state index in [0.29, 0.717) is 55.7 Å². The van der Waals surface area contributed by atoms with Crippen LogP contribution in [0.1, 0.15) is 15.9 Å². The lowest BCUT2D eigenvalue weighted by Gasteiger charge is -2.12. The number of halogens is 1. The minimum absolute atomic E-state index is 0.138. The van der Waals surface area contributed by atoms with Crippen LogP contribution in [0.5, 0.6) is 23.0 Å². The number of nitrogens with zero attached hydrogens (tertiary/aromatic N) is 2. The summed E-state index contributed by atoms with van der Waals surface area (Å²) in [6, 6.07) is 17.9. The Kier molecular flexibility index (Phi) is 6.12. The molecule has 1 aliphatic heterocycles. The molecule has 0 spiro atoms. The van der Waals surface area contributed by atoms with E-state index in [9.17, 15) is 4.79 Å². The molecule has 1 aromatic heterocycles. The van der Waals surface area contributed by atoms with Crippen molar-refractivity contribution in [3.63, 3.8) is 0 Å². The van der Waals surface area contributed by atoms with Gasteiger partial charge in [-0.25, -0.2) is 10.4 Å². The van der Waals surface area contributed by atoms with Crippen LogP contribution in [-0.4, -0.2) is 38.1 Å². The van der Waals surface area contributed by atoms with Gasteiger partial charge in [0.15, 0.2) is 11.5 Å². The van der Waals surface area contributed by atoms with Crippen molar-refractivity contribution in [1.29, 1.82) is 0 Å². The molecule has 1 aliphatic rings. The molecule has 35 heavy (non-hydrogen) atoms. The molecule has 0 bridgehead atoms. The number of amides is 1. The van der Waals surface area contributed by atoms with Crippen LogP contribution in [0.2, 0.25) is 5.02 Å². The minimum atomic E-state index is -0.398. The number of para-hydroxylation sites is 1. The molecular formula is C26H20ClN3O5. The highest BCUT2D eigenvalue weighted by atomic mass is 35.5. The van der Waals surface area contributed by atoms with Gasteiger partial charge in [0.25, 0.3) is 5.91 Å². The Labute approximate surface area is 206 Å². The molecule has 0 aliphatic carbocycles. The van der Waals surface area contributed by atoms with Gasteiger partial charge in [-0.05, 0) is 30.3 Å². The van der Waals surface area contributed by atoms with E-state index in [-0.39, 0.29) is 6.79 Å². The van der Waals surface area contributed by atoms with Gasteiger partial charge in [0.2, 0.25) is 6.79 Å². The van der Waals surface area contributed by atoms with Crippen LogP contribution < -0.4 is 24.4 Å². The molecule has 0 radical (unpaired) electrons. The summed E-state index contributed by atoms with van der Waals surface area (Å²) in [5.41, 5.74) is 5.55. The van der Waals surface area contributed by atoms with Gasteiger partial charge < -0.3 is 18.9 Å². The van der Waals surface area contributed by atoms with Crippen molar-refractivity contribution in [3.8, 4) is 34.3 Å². The van der Waals surface area contributed by atoms with Crippen molar-refractivity contribution in [2.24, 2.45) is 5.10 Å². The van der Waals surface area contributed by atoms with E-state index in [4.69, 9.17) is 35.5 Å². The molecule has 176 valence electrons. The van der Waals surface area contributed by atoms with Crippen LogP contribution in [0.4, 0.5) is 0 Å². The monoisotopic (exact) mass is 489 g/mol. The Morgan fingerprint density at radius 1 is 1.06 bits per heavy atom. The Hall–Kier alpha value is -4.30. The third-order valence-corrected chi connectivity index (χ3v) is 5.83.